The van der Waals surface area contributed by atoms with Crippen LogP contribution in [-0.4, -0.2) is 18.7 Å². The fraction of sp³-hybridized carbons (Fsp3) is 0.700. The van der Waals surface area contributed by atoms with Crippen LogP contribution >= 0.6 is 0 Å². The number of hydrogen-bond donors (Lipinski definition) is 1. The summed E-state index contributed by atoms with van der Waals surface area (Å²) in [6.45, 7) is 6.10. The third-order valence-corrected chi connectivity index (χ3v) is 2.43. The van der Waals surface area contributed by atoms with Crippen molar-refractivity contribution in [1.29, 1.82) is 0 Å². The highest BCUT2D eigenvalue weighted by molar-refractivity contribution is 5.67. The first-order chi connectivity index (χ1) is 6.24. The minimum atomic E-state index is -0.321. The van der Waals surface area contributed by atoms with Gasteiger partial charge in [-0.05, 0) is 25.2 Å². The monoisotopic (exact) mass is 183 g/mol. The number of nitrogens with one attached hydrogen (secondary N) is 1. The number of carbonyl (C=O) groups is 1. The van der Waals surface area contributed by atoms with Gasteiger partial charge in [-0.3, -0.25) is 0 Å². The van der Waals surface area contributed by atoms with E-state index in [4.69, 9.17) is 4.74 Å². The molecule has 0 aromatic carbocycles. The zero-order valence-corrected chi connectivity index (χ0v) is 8.08. The molecule has 0 saturated heterocycles. The maximum absolute atomic E-state index is 11.1. The molecule has 2 atom stereocenters. The van der Waals surface area contributed by atoms with Crippen LogP contribution in [0.4, 0.5) is 4.79 Å². The summed E-state index contributed by atoms with van der Waals surface area (Å²) in [6.07, 6.45) is 4.77. The number of ether oxygens (including phenoxy) is 1. The molecular weight excluding hydrogens is 166 g/mol. The van der Waals surface area contributed by atoms with Gasteiger partial charge < -0.3 is 10.1 Å². The van der Waals surface area contributed by atoms with Crippen molar-refractivity contribution in [3.8, 4) is 0 Å². The van der Waals surface area contributed by atoms with Crippen LogP contribution in [0.3, 0.4) is 0 Å². The van der Waals surface area contributed by atoms with E-state index in [1.54, 1.807) is 6.08 Å². The van der Waals surface area contributed by atoms with E-state index in [1.807, 2.05) is 0 Å². The van der Waals surface area contributed by atoms with Gasteiger partial charge in [-0.1, -0.05) is 13.0 Å². The summed E-state index contributed by atoms with van der Waals surface area (Å²) in [5.74, 6) is 0.509. The van der Waals surface area contributed by atoms with Crippen LogP contribution in [0.15, 0.2) is 12.7 Å². The molecule has 1 saturated carbocycles. The van der Waals surface area contributed by atoms with Gasteiger partial charge in [0.25, 0.3) is 0 Å². The molecule has 1 aliphatic carbocycles. The molecule has 1 fully saturated rings. The van der Waals surface area contributed by atoms with Crippen LogP contribution < -0.4 is 5.32 Å². The Morgan fingerprint density at radius 1 is 1.69 bits per heavy atom. The van der Waals surface area contributed by atoms with Crippen molar-refractivity contribution in [1.82, 2.24) is 5.32 Å². The molecule has 1 amide bonds. The Hall–Kier alpha value is -0.990. The second kappa shape index (κ2) is 4.90. The highest BCUT2D eigenvalue weighted by atomic mass is 16.6. The molecule has 0 aromatic heterocycles. The zero-order chi connectivity index (χ0) is 9.68. The summed E-state index contributed by atoms with van der Waals surface area (Å²) in [6, 6.07) is 0. The van der Waals surface area contributed by atoms with E-state index in [-0.39, 0.29) is 12.2 Å². The molecule has 0 aliphatic heterocycles. The average Bonchev–Trinajstić information content (AvgIpc) is 2.48. The summed E-state index contributed by atoms with van der Waals surface area (Å²) in [4.78, 5) is 11.1. The van der Waals surface area contributed by atoms with Gasteiger partial charge in [0.2, 0.25) is 0 Å². The van der Waals surface area contributed by atoms with Gasteiger partial charge in [0.15, 0.2) is 0 Å². The van der Waals surface area contributed by atoms with E-state index in [0.717, 1.165) is 6.42 Å². The Morgan fingerprint density at radius 2 is 2.46 bits per heavy atom. The van der Waals surface area contributed by atoms with Gasteiger partial charge in [0.05, 0.1) is 0 Å². The SMILES string of the molecule is C=CCNC(=O)OC1CCC[C@H]1C. The van der Waals surface area contributed by atoms with Crippen molar-refractivity contribution in [2.24, 2.45) is 5.92 Å². The van der Waals surface area contributed by atoms with Crippen molar-refractivity contribution >= 4 is 6.09 Å². The Kier molecular flexibility index (Phi) is 3.80. The molecule has 1 rings (SSSR count). The maximum atomic E-state index is 11.1. The lowest BCUT2D eigenvalue weighted by Crippen LogP contribution is -2.30. The van der Waals surface area contributed by atoms with Crippen molar-refractivity contribution in [3.05, 3.63) is 12.7 Å². The average molecular weight is 183 g/mol. The number of hydrogen-bond acceptors (Lipinski definition) is 2. The van der Waals surface area contributed by atoms with Crippen LogP contribution in [0.5, 0.6) is 0 Å². The van der Waals surface area contributed by atoms with E-state index in [1.165, 1.54) is 12.8 Å². The molecule has 0 bridgehead atoms. The predicted octanol–water partition coefficient (Wildman–Crippen LogP) is 2.09. The van der Waals surface area contributed by atoms with E-state index in [9.17, 15) is 4.79 Å². The fourth-order valence-electron chi connectivity index (χ4n) is 1.62. The molecule has 0 heterocycles. The fourth-order valence-corrected chi connectivity index (χ4v) is 1.62. The second-order valence-corrected chi connectivity index (χ2v) is 3.52. The van der Waals surface area contributed by atoms with E-state index >= 15 is 0 Å². The van der Waals surface area contributed by atoms with Crippen molar-refractivity contribution < 1.29 is 9.53 Å². The minimum absolute atomic E-state index is 0.116. The first-order valence-electron chi connectivity index (χ1n) is 4.79. The smallest absolute Gasteiger partial charge is 0.407 e. The number of alkyl carbamates (subject to hydrolysis) is 1. The van der Waals surface area contributed by atoms with Crippen LogP contribution in [0.1, 0.15) is 26.2 Å². The Morgan fingerprint density at radius 3 is 3.00 bits per heavy atom. The van der Waals surface area contributed by atoms with E-state index in [0.29, 0.717) is 12.5 Å². The number of rotatable bonds is 3. The topological polar surface area (TPSA) is 38.3 Å². The molecule has 1 aliphatic rings. The van der Waals surface area contributed by atoms with Gasteiger partial charge in [0.1, 0.15) is 6.10 Å². The maximum Gasteiger partial charge on any atom is 0.407 e. The van der Waals surface area contributed by atoms with Crippen molar-refractivity contribution in [2.75, 3.05) is 6.54 Å². The summed E-state index contributed by atoms with van der Waals surface area (Å²) in [5.41, 5.74) is 0. The molecule has 3 heteroatoms. The summed E-state index contributed by atoms with van der Waals surface area (Å²) in [5, 5.41) is 2.60. The normalized spacial score (nSPS) is 26.8. The quantitative estimate of drug-likeness (QED) is 0.680. The lowest BCUT2D eigenvalue weighted by Gasteiger charge is -2.16. The Balaban J connectivity index is 2.22. The summed E-state index contributed by atoms with van der Waals surface area (Å²) in [7, 11) is 0. The number of amides is 1. The van der Waals surface area contributed by atoms with Gasteiger partial charge in [-0.25, -0.2) is 4.79 Å². The summed E-state index contributed by atoms with van der Waals surface area (Å²) < 4.78 is 5.23. The van der Waals surface area contributed by atoms with Gasteiger partial charge in [0, 0.05) is 6.54 Å². The molecule has 3 nitrogen and oxygen atoms in total. The lowest BCUT2D eigenvalue weighted by atomic mass is 10.1. The third kappa shape index (κ3) is 3.09. The largest absolute Gasteiger partial charge is 0.446 e. The van der Waals surface area contributed by atoms with E-state index in [2.05, 4.69) is 18.8 Å². The van der Waals surface area contributed by atoms with Crippen molar-refractivity contribution in [2.45, 2.75) is 32.3 Å². The Labute approximate surface area is 79.2 Å². The number of carbonyl (C=O) groups excluding carboxylic acids is 1. The molecule has 13 heavy (non-hydrogen) atoms. The van der Waals surface area contributed by atoms with Crippen molar-refractivity contribution in [3.63, 3.8) is 0 Å². The molecule has 1 N–H and O–H groups in total. The minimum Gasteiger partial charge on any atom is -0.446 e. The van der Waals surface area contributed by atoms with Crippen LogP contribution in [-0.2, 0) is 4.74 Å². The molecule has 74 valence electrons. The first-order valence-corrected chi connectivity index (χ1v) is 4.79. The summed E-state index contributed by atoms with van der Waals surface area (Å²) >= 11 is 0. The van der Waals surface area contributed by atoms with Gasteiger partial charge in [-0.15, -0.1) is 6.58 Å². The Bertz CT molecular complexity index is 191. The molecular formula is C10H17NO2. The van der Waals surface area contributed by atoms with Gasteiger partial charge in [-0.2, -0.15) is 0 Å². The van der Waals surface area contributed by atoms with Crippen LogP contribution in [0.25, 0.3) is 0 Å². The highest BCUT2D eigenvalue weighted by Gasteiger charge is 2.26. The lowest BCUT2D eigenvalue weighted by molar-refractivity contribution is 0.0808. The molecule has 1 unspecified atom stereocenters. The first kappa shape index (κ1) is 10.1. The van der Waals surface area contributed by atoms with Gasteiger partial charge >= 0.3 is 6.09 Å². The predicted molar refractivity (Wildman–Crippen MR) is 51.5 cm³/mol. The zero-order valence-electron chi connectivity index (χ0n) is 8.08. The van der Waals surface area contributed by atoms with Crippen LogP contribution in [0, 0.1) is 5.92 Å². The second-order valence-electron chi connectivity index (χ2n) is 3.52. The molecule has 0 radical (unpaired) electrons. The standard InChI is InChI=1S/C10H17NO2/c1-3-7-11-10(12)13-9-6-4-5-8(9)2/h3,8-9H,1,4-7H2,2H3,(H,11,12)/t8-,9?/m1/s1. The van der Waals surface area contributed by atoms with E-state index < -0.39 is 0 Å². The molecule has 0 aromatic rings. The molecule has 0 spiro atoms. The third-order valence-electron chi connectivity index (χ3n) is 2.43. The van der Waals surface area contributed by atoms with Crippen LogP contribution in [0.2, 0.25) is 0 Å². The highest BCUT2D eigenvalue weighted by Crippen LogP contribution is 2.27.